The van der Waals surface area contributed by atoms with Gasteiger partial charge in [0.15, 0.2) is 11.5 Å². The summed E-state index contributed by atoms with van der Waals surface area (Å²) in [6.45, 7) is 4.11. The summed E-state index contributed by atoms with van der Waals surface area (Å²) in [5, 5.41) is 3.87. The van der Waals surface area contributed by atoms with Gasteiger partial charge >= 0.3 is 0 Å². The number of likely N-dealkylation sites (N-methyl/N-ethyl adjacent to an activating group) is 1. The zero-order valence-electron chi connectivity index (χ0n) is 20.8. The number of fused-ring (bicyclic) bond motifs is 1. The molecule has 1 saturated heterocycles. The Morgan fingerprint density at radius 1 is 0.861 bits per heavy atom. The maximum Gasteiger partial charge on any atom is 0.256 e. The number of nitrogens with zero attached hydrogens (tertiary/aromatic N) is 3. The van der Waals surface area contributed by atoms with Gasteiger partial charge in [-0.05, 0) is 61.6 Å². The van der Waals surface area contributed by atoms with Crippen LogP contribution in [-0.2, 0) is 0 Å². The van der Waals surface area contributed by atoms with E-state index in [0.29, 0.717) is 22.8 Å². The van der Waals surface area contributed by atoms with Gasteiger partial charge in [0.1, 0.15) is 0 Å². The average Bonchev–Trinajstić information content (AvgIpc) is 2.93. The lowest BCUT2D eigenvalue weighted by atomic mass is 10.0. The van der Waals surface area contributed by atoms with Crippen LogP contribution in [0, 0.1) is 0 Å². The van der Waals surface area contributed by atoms with Crippen molar-refractivity contribution in [3.8, 4) is 22.8 Å². The number of methoxy groups -OCH3 is 2. The van der Waals surface area contributed by atoms with Crippen LogP contribution in [0.1, 0.15) is 10.4 Å². The molecule has 0 radical (unpaired) electrons. The number of benzene rings is 3. The van der Waals surface area contributed by atoms with Gasteiger partial charge in [-0.2, -0.15) is 0 Å². The van der Waals surface area contributed by atoms with Gasteiger partial charge in [0.05, 0.1) is 31.0 Å². The highest BCUT2D eigenvalue weighted by Crippen LogP contribution is 2.33. The molecule has 1 fully saturated rings. The van der Waals surface area contributed by atoms with E-state index in [-0.39, 0.29) is 5.91 Å². The number of pyridine rings is 1. The second kappa shape index (κ2) is 10.3. The summed E-state index contributed by atoms with van der Waals surface area (Å²) in [7, 11) is 5.35. The van der Waals surface area contributed by atoms with Gasteiger partial charge in [-0.15, -0.1) is 0 Å². The van der Waals surface area contributed by atoms with Crippen LogP contribution in [0.3, 0.4) is 0 Å². The highest BCUT2D eigenvalue weighted by molar-refractivity contribution is 6.13. The van der Waals surface area contributed by atoms with Crippen molar-refractivity contribution in [3.63, 3.8) is 0 Å². The second-order valence-corrected chi connectivity index (χ2v) is 8.93. The number of rotatable bonds is 6. The van der Waals surface area contributed by atoms with Crippen LogP contribution in [0.2, 0.25) is 0 Å². The monoisotopic (exact) mass is 482 g/mol. The Hall–Kier alpha value is -4.10. The summed E-state index contributed by atoms with van der Waals surface area (Å²) >= 11 is 0. The molecule has 0 atom stereocenters. The number of para-hydroxylation sites is 1. The molecule has 0 unspecified atom stereocenters. The molecule has 1 aliphatic rings. The van der Waals surface area contributed by atoms with E-state index in [1.54, 1.807) is 14.2 Å². The van der Waals surface area contributed by atoms with Gasteiger partial charge in [-0.1, -0.05) is 18.2 Å². The molecule has 5 rings (SSSR count). The third kappa shape index (κ3) is 4.83. The summed E-state index contributed by atoms with van der Waals surface area (Å²) < 4.78 is 10.8. The molecule has 3 aromatic carbocycles. The summed E-state index contributed by atoms with van der Waals surface area (Å²) in [6.07, 6.45) is 0. The van der Waals surface area contributed by atoms with Gasteiger partial charge in [-0.25, -0.2) is 4.98 Å². The topological polar surface area (TPSA) is 66.9 Å². The fourth-order valence-electron chi connectivity index (χ4n) is 4.53. The molecule has 0 bridgehead atoms. The summed E-state index contributed by atoms with van der Waals surface area (Å²) in [5.41, 5.74) is 4.76. The van der Waals surface area contributed by atoms with Crippen LogP contribution >= 0.6 is 0 Å². The summed E-state index contributed by atoms with van der Waals surface area (Å²) in [6, 6.07) is 23.2. The average molecular weight is 483 g/mol. The molecule has 0 aliphatic carbocycles. The first-order chi connectivity index (χ1) is 17.6. The first-order valence-electron chi connectivity index (χ1n) is 12.0. The van der Waals surface area contributed by atoms with Crippen LogP contribution in [0.25, 0.3) is 22.2 Å². The maximum atomic E-state index is 13.5. The Morgan fingerprint density at radius 2 is 1.58 bits per heavy atom. The molecule has 1 N–H and O–H groups in total. The Kier molecular flexibility index (Phi) is 6.73. The molecule has 2 heterocycles. The lowest BCUT2D eigenvalue weighted by Crippen LogP contribution is -2.44. The number of nitrogens with one attached hydrogen (secondary N) is 1. The van der Waals surface area contributed by atoms with Crippen LogP contribution in [0.15, 0.2) is 72.8 Å². The fourth-order valence-corrected chi connectivity index (χ4v) is 4.53. The van der Waals surface area contributed by atoms with Gasteiger partial charge in [0, 0.05) is 48.5 Å². The summed E-state index contributed by atoms with van der Waals surface area (Å²) in [4.78, 5) is 23.0. The van der Waals surface area contributed by atoms with Crippen LogP contribution in [-0.4, -0.2) is 63.2 Å². The molecule has 0 spiro atoms. The van der Waals surface area contributed by atoms with E-state index >= 15 is 0 Å². The second-order valence-electron chi connectivity index (χ2n) is 8.93. The summed E-state index contributed by atoms with van der Waals surface area (Å²) in [5.74, 6) is 1.07. The highest BCUT2D eigenvalue weighted by atomic mass is 16.5. The van der Waals surface area contributed by atoms with Crippen LogP contribution < -0.4 is 19.7 Å². The SMILES string of the molecule is COc1ccc(-c2cc(C(=O)Nc3ccc(N4CCN(C)CC4)cc3)c3ccccc3n2)cc1OC. The standard InChI is InChI=1S/C29H30N4O3/c1-32-14-16-33(17-15-32)22-11-9-21(10-12-22)30-29(34)24-19-26(31-25-7-5-4-6-23(24)25)20-8-13-27(35-2)28(18-20)36-3/h4-13,18-19H,14-17H2,1-3H3,(H,30,34). The Morgan fingerprint density at radius 3 is 2.31 bits per heavy atom. The van der Waals surface area contributed by atoms with E-state index in [0.717, 1.165) is 48.3 Å². The number of carbonyl (C=O) groups is 1. The quantitative estimate of drug-likeness (QED) is 0.421. The fraction of sp³-hybridized carbons (Fsp3) is 0.241. The maximum absolute atomic E-state index is 13.5. The third-order valence-corrected chi connectivity index (χ3v) is 6.63. The lowest BCUT2D eigenvalue weighted by molar-refractivity contribution is 0.102. The van der Waals surface area contributed by atoms with E-state index in [1.807, 2.05) is 60.7 Å². The largest absolute Gasteiger partial charge is 0.493 e. The van der Waals surface area contributed by atoms with Crippen molar-refractivity contribution < 1.29 is 14.3 Å². The molecule has 0 saturated carbocycles. The molecular formula is C29H30N4O3. The Balaban J connectivity index is 1.43. The third-order valence-electron chi connectivity index (χ3n) is 6.63. The molecular weight excluding hydrogens is 452 g/mol. The number of carbonyl (C=O) groups excluding carboxylic acids is 1. The number of aromatic nitrogens is 1. The van der Waals surface area contributed by atoms with E-state index in [2.05, 4.69) is 34.3 Å². The van der Waals surface area contributed by atoms with Crippen molar-refractivity contribution in [1.82, 2.24) is 9.88 Å². The van der Waals surface area contributed by atoms with E-state index in [1.165, 1.54) is 5.69 Å². The van der Waals surface area contributed by atoms with E-state index < -0.39 is 0 Å². The number of hydrogen-bond donors (Lipinski definition) is 1. The van der Waals surface area contributed by atoms with Crippen LogP contribution in [0.5, 0.6) is 11.5 Å². The van der Waals surface area contributed by atoms with E-state index in [4.69, 9.17) is 14.5 Å². The molecule has 184 valence electrons. The molecule has 1 amide bonds. The predicted octanol–water partition coefficient (Wildman–Crippen LogP) is 4.92. The first-order valence-corrected chi connectivity index (χ1v) is 12.0. The predicted molar refractivity (Wildman–Crippen MR) is 144 cm³/mol. The van der Waals surface area contributed by atoms with Gasteiger partial charge < -0.3 is 24.6 Å². The molecule has 1 aliphatic heterocycles. The Bertz CT molecular complexity index is 1380. The highest BCUT2D eigenvalue weighted by Gasteiger charge is 2.17. The number of hydrogen-bond acceptors (Lipinski definition) is 6. The Labute approximate surface area is 211 Å². The molecule has 7 heteroatoms. The van der Waals surface area contributed by atoms with Crippen molar-refractivity contribution in [2.45, 2.75) is 0 Å². The minimum absolute atomic E-state index is 0.178. The van der Waals surface area contributed by atoms with Gasteiger partial charge in [0.25, 0.3) is 5.91 Å². The number of ether oxygens (including phenoxy) is 2. The number of piperazine rings is 1. The van der Waals surface area contributed by atoms with Gasteiger partial charge in [-0.3, -0.25) is 4.79 Å². The molecule has 7 nitrogen and oxygen atoms in total. The van der Waals surface area contributed by atoms with Crippen molar-refractivity contribution in [3.05, 3.63) is 78.4 Å². The zero-order chi connectivity index (χ0) is 25.1. The van der Waals surface area contributed by atoms with Crippen LogP contribution in [0.4, 0.5) is 11.4 Å². The normalized spacial score (nSPS) is 14.0. The van der Waals surface area contributed by atoms with Gasteiger partial charge in [0.2, 0.25) is 0 Å². The van der Waals surface area contributed by atoms with Crippen molar-refractivity contribution in [1.29, 1.82) is 0 Å². The minimum atomic E-state index is -0.178. The van der Waals surface area contributed by atoms with Crippen molar-refractivity contribution in [2.24, 2.45) is 0 Å². The smallest absolute Gasteiger partial charge is 0.256 e. The minimum Gasteiger partial charge on any atom is -0.493 e. The lowest BCUT2D eigenvalue weighted by Gasteiger charge is -2.34. The molecule has 4 aromatic rings. The van der Waals surface area contributed by atoms with E-state index in [9.17, 15) is 4.79 Å². The molecule has 36 heavy (non-hydrogen) atoms. The van der Waals surface area contributed by atoms with Crippen molar-refractivity contribution in [2.75, 3.05) is 57.7 Å². The first kappa shape index (κ1) is 23.6. The zero-order valence-corrected chi connectivity index (χ0v) is 20.8. The van der Waals surface area contributed by atoms with Crippen molar-refractivity contribution >= 4 is 28.2 Å². The molecule has 1 aromatic heterocycles. The number of amides is 1. The number of anilines is 2.